The van der Waals surface area contributed by atoms with Gasteiger partial charge in [0.1, 0.15) is 23.7 Å². The average Bonchev–Trinajstić information content (AvgIpc) is 3.14. The standard InChI is InChI=1S/C21H25N7O2/c22-19(17-8-12-7-15(29)1-2-16(12)27-17)18-20(23)24-11-25-21(18)26-13-9-14(10-13)28-3-5-30-6-4-28/h1-2,7-8,11,13-14,22,27,29H,3-6,9-10H2,(H3,23,24,25,26). The van der Waals surface area contributed by atoms with Crippen molar-refractivity contribution in [3.05, 3.63) is 41.9 Å². The first-order chi connectivity index (χ1) is 14.6. The van der Waals surface area contributed by atoms with Gasteiger partial charge in [-0.15, -0.1) is 0 Å². The molecule has 1 aromatic carbocycles. The number of H-pyrrole nitrogens is 1. The molecule has 156 valence electrons. The van der Waals surface area contributed by atoms with Crippen LogP contribution in [-0.4, -0.2) is 69.1 Å². The molecule has 9 nitrogen and oxygen atoms in total. The minimum atomic E-state index is 0.185. The smallest absolute Gasteiger partial charge is 0.141 e. The molecule has 6 N–H and O–H groups in total. The van der Waals surface area contributed by atoms with E-state index in [1.54, 1.807) is 18.2 Å². The van der Waals surface area contributed by atoms with Crippen molar-refractivity contribution in [1.29, 1.82) is 5.41 Å². The van der Waals surface area contributed by atoms with E-state index in [1.165, 1.54) is 6.33 Å². The van der Waals surface area contributed by atoms with E-state index in [1.807, 2.05) is 6.07 Å². The number of benzene rings is 1. The number of phenols is 1. The molecule has 1 aliphatic heterocycles. The monoisotopic (exact) mass is 407 g/mol. The number of aromatic nitrogens is 3. The molecule has 30 heavy (non-hydrogen) atoms. The highest BCUT2D eigenvalue weighted by atomic mass is 16.5. The van der Waals surface area contributed by atoms with Crippen LogP contribution in [0.25, 0.3) is 10.9 Å². The molecule has 1 saturated carbocycles. The molecule has 0 bridgehead atoms. The Bertz CT molecular complexity index is 1080. The number of ether oxygens (including phenoxy) is 1. The Morgan fingerprint density at radius 1 is 1.23 bits per heavy atom. The maximum Gasteiger partial charge on any atom is 0.141 e. The quantitative estimate of drug-likeness (QED) is 0.408. The zero-order valence-electron chi connectivity index (χ0n) is 16.6. The topological polar surface area (TPSA) is 136 Å². The first-order valence-electron chi connectivity index (χ1n) is 10.2. The van der Waals surface area contributed by atoms with E-state index >= 15 is 0 Å². The van der Waals surface area contributed by atoms with Crippen LogP contribution in [0.15, 0.2) is 30.6 Å². The van der Waals surface area contributed by atoms with Crippen molar-refractivity contribution in [2.45, 2.75) is 24.9 Å². The summed E-state index contributed by atoms with van der Waals surface area (Å²) < 4.78 is 5.44. The Morgan fingerprint density at radius 3 is 2.83 bits per heavy atom. The molecule has 0 amide bonds. The Morgan fingerprint density at radius 2 is 2.03 bits per heavy atom. The van der Waals surface area contributed by atoms with Crippen LogP contribution in [0.3, 0.4) is 0 Å². The van der Waals surface area contributed by atoms with Gasteiger partial charge in [-0.05, 0) is 37.1 Å². The molecule has 3 heterocycles. The third kappa shape index (κ3) is 3.46. The first-order valence-corrected chi connectivity index (χ1v) is 10.2. The molecule has 0 unspecified atom stereocenters. The van der Waals surface area contributed by atoms with Gasteiger partial charge in [-0.2, -0.15) is 0 Å². The fourth-order valence-corrected chi connectivity index (χ4v) is 4.28. The van der Waals surface area contributed by atoms with Crippen LogP contribution in [0.4, 0.5) is 11.6 Å². The van der Waals surface area contributed by atoms with Crippen molar-refractivity contribution in [2.75, 3.05) is 37.4 Å². The minimum Gasteiger partial charge on any atom is -0.508 e. The van der Waals surface area contributed by atoms with Crippen LogP contribution < -0.4 is 11.1 Å². The van der Waals surface area contributed by atoms with E-state index in [-0.39, 0.29) is 17.3 Å². The number of phenolic OH excluding ortho intramolecular Hbond substituents is 1. The van der Waals surface area contributed by atoms with Crippen LogP contribution in [0.5, 0.6) is 5.75 Å². The normalized spacial score (nSPS) is 22.0. The number of nitrogens with zero attached hydrogens (tertiary/aromatic N) is 3. The predicted octanol–water partition coefficient (Wildman–Crippen LogP) is 1.94. The summed E-state index contributed by atoms with van der Waals surface area (Å²) in [5.74, 6) is 1.03. The van der Waals surface area contributed by atoms with Crippen LogP contribution in [0.1, 0.15) is 24.1 Å². The highest BCUT2D eigenvalue weighted by Crippen LogP contribution is 2.31. The van der Waals surface area contributed by atoms with E-state index in [9.17, 15) is 5.11 Å². The zero-order chi connectivity index (χ0) is 20.7. The number of aromatic hydroxyl groups is 1. The SMILES string of the molecule is N=C(c1cc2cc(O)ccc2[nH]1)c1c(N)ncnc1NC1CC(N2CCOCC2)C1. The molecule has 1 aliphatic carbocycles. The van der Waals surface area contributed by atoms with Crippen LogP contribution in [0, 0.1) is 5.41 Å². The lowest BCUT2D eigenvalue weighted by Gasteiger charge is -2.44. The fourth-order valence-electron chi connectivity index (χ4n) is 4.28. The molecule has 0 atom stereocenters. The largest absolute Gasteiger partial charge is 0.508 e. The molecule has 1 saturated heterocycles. The van der Waals surface area contributed by atoms with Crippen LogP contribution in [-0.2, 0) is 4.74 Å². The van der Waals surface area contributed by atoms with E-state index < -0.39 is 0 Å². The summed E-state index contributed by atoms with van der Waals surface area (Å²) in [7, 11) is 0. The number of nitrogens with one attached hydrogen (secondary N) is 3. The molecule has 2 aromatic heterocycles. The summed E-state index contributed by atoms with van der Waals surface area (Å²) in [4.78, 5) is 14.2. The van der Waals surface area contributed by atoms with E-state index in [4.69, 9.17) is 15.9 Å². The van der Waals surface area contributed by atoms with Gasteiger partial charge in [0.2, 0.25) is 0 Å². The number of nitrogens with two attached hydrogens (primary N) is 1. The maximum absolute atomic E-state index is 9.70. The van der Waals surface area contributed by atoms with Crippen molar-refractivity contribution < 1.29 is 9.84 Å². The number of aromatic amines is 1. The molecular formula is C21H25N7O2. The number of hydrogen-bond acceptors (Lipinski definition) is 8. The molecule has 5 rings (SSSR count). The van der Waals surface area contributed by atoms with Crippen molar-refractivity contribution >= 4 is 28.3 Å². The van der Waals surface area contributed by atoms with Crippen molar-refractivity contribution in [1.82, 2.24) is 19.9 Å². The summed E-state index contributed by atoms with van der Waals surface area (Å²) in [6.07, 6.45) is 3.49. The first kappa shape index (κ1) is 18.8. The minimum absolute atomic E-state index is 0.185. The van der Waals surface area contributed by atoms with Gasteiger partial charge in [-0.25, -0.2) is 9.97 Å². The van der Waals surface area contributed by atoms with E-state index in [0.717, 1.165) is 50.0 Å². The summed E-state index contributed by atoms with van der Waals surface area (Å²) in [5.41, 5.74) is 8.29. The molecular weight excluding hydrogens is 382 g/mol. The van der Waals surface area contributed by atoms with Gasteiger partial charge in [-0.3, -0.25) is 10.3 Å². The lowest BCUT2D eigenvalue weighted by Crippen LogP contribution is -2.53. The van der Waals surface area contributed by atoms with Crippen LogP contribution >= 0.6 is 0 Å². The van der Waals surface area contributed by atoms with Crippen LogP contribution in [0.2, 0.25) is 0 Å². The number of anilines is 2. The number of rotatable bonds is 5. The third-order valence-corrected chi connectivity index (χ3v) is 6.02. The predicted molar refractivity (Wildman–Crippen MR) is 115 cm³/mol. The summed E-state index contributed by atoms with van der Waals surface area (Å²) in [6, 6.07) is 7.73. The number of fused-ring (bicyclic) bond motifs is 1. The number of morpholine rings is 1. The molecule has 0 radical (unpaired) electrons. The molecule has 2 aliphatic rings. The van der Waals surface area contributed by atoms with E-state index in [2.05, 4.69) is 25.2 Å². The van der Waals surface area contributed by atoms with Gasteiger partial charge in [-0.1, -0.05) is 0 Å². The molecule has 9 heteroatoms. The zero-order valence-corrected chi connectivity index (χ0v) is 16.6. The third-order valence-electron chi connectivity index (χ3n) is 6.02. The fraction of sp³-hybridized carbons (Fsp3) is 0.381. The molecule has 3 aromatic rings. The maximum atomic E-state index is 9.70. The van der Waals surface area contributed by atoms with Gasteiger partial charge in [0.05, 0.1) is 30.2 Å². The second kappa shape index (κ2) is 7.58. The van der Waals surface area contributed by atoms with Gasteiger partial charge < -0.3 is 25.9 Å². The summed E-state index contributed by atoms with van der Waals surface area (Å²) in [5, 5.41) is 22.7. The second-order valence-corrected chi connectivity index (χ2v) is 7.93. The van der Waals surface area contributed by atoms with Gasteiger partial charge in [0.15, 0.2) is 0 Å². The van der Waals surface area contributed by atoms with Crippen molar-refractivity contribution in [3.8, 4) is 5.75 Å². The average molecular weight is 407 g/mol. The molecule has 0 spiro atoms. The Balaban J connectivity index is 1.35. The highest BCUT2D eigenvalue weighted by Gasteiger charge is 2.35. The lowest BCUT2D eigenvalue weighted by molar-refractivity contribution is -0.00439. The Labute approximate surface area is 173 Å². The van der Waals surface area contributed by atoms with Gasteiger partial charge in [0.25, 0.3) is 0 Å². The van der Waals surface area contributed by atoms with E-state index in [0.29, 0.717) is 29.2 Å². The molecule has 2 fully saturated rings. The van der Waals surface area contributed by atoms with Gasteiger partial charge >= 0.3 is 0 Å². The van der Waals surface area contributed by atoms with Crippen molar-refractivity contribution in [2.24, 2.45) is 0 Å². The number of nitrogen functional groups attached to an aromatic ring is 1. The number of hydrogen-bond donors (Lipinski definition) is 5. The van der Waals surface area contributed by atoms with Gasteiger partial charge in [0, 0.05) is 36.1 Å². The highest BCUT2D eigenvalue weighted by molar-refractivity contribution is 6.16. The second-order valence-electron chi connectivity index (χ2n) is 7.93. The summed E-state index contributed by atoms with van der Waals surface area (Å²) >= 11 is 0. The summed E-state index contributed by atoms with van der Waals surface area (Å²) in [6.45, 7) is 3.59. The van der Waals surface area contributed by atoms with Crippen molar-refractivity contribution in [3.63, 3.8) is 0 Å². The lowest BCUT2D eigenvalue weighted by atomic mass is 9.85. The Hall–Kier alpha value is -3.17. The Kier molecular flexibility index (Phi) is 4.76.